The summed E-state index contributed by atoms with van der Waals surface area (Å²) in [6.07, 6.45) is 7.31. The molecule has 3 atom stereocenters. The normalized spacial score (nSPS) is 29.9. The maximum Gasteiger partial charge on any atom is 0.210 e. The van der Waals surface area contributed by atoms with Crippen molar-refractivity contribution in [3.05, 3.63) is 106 Å². The number of Topliss-reactive ketones (excluding diaryl/α,β-unsaturated/α-hetero) is 1. The number of benzene rings is 2. The van der Waals surface area contributed by atoms with E-state index in [2.05, 4.69) is 98.2 Å². The van der Waals surface area contributed by atoms with Crippen LogP contribution in [0.15, 0.2) is 94.5 Å². The van der Waals surface area contributed by atoms with Gasteiger partial charge in [-0.25, -0.2) is 5.06 Å². The van der Waals surface area contributed by atoms with Crippen LogP contribution in [0.5, 0.6) is 0 Å². The van der Waals surface area contributed by atoms with Crippen molar-refractivity contribution < 1.29 is 9.63 Å². The van der Waals surface area contributed by atoms with E-state index in [-0.39, 0.29) is 22.7 Å². The van der Waals surface area contributed by atoms with Gasteiger partial charge in [0.05, 0.1) is 6.54 Å². The highest BCUT2D eigenvalue weighted by Gasteiger charge is 2.51. The minimum absolute atomic E-state index is 0.0858. The minimum atomic E-state index is -0.158. The Balaban J connectivity index is 1.16. The van der Waals surface area contributed by atoms with Gasteiger partial charge >= 0.3 is 0 Å². The first-order valence-electron chi connectivity index (χ1n) is 15.4. The molecule has 0 spiro atoms. The van der Waals surface area contributed by atoms with Crippen LogP contribution in [0.3, 0.4) is 0 Å². The van der Waals surface area contributed by atoms with Crippen molar-refractivity contribution in [3.8, 4) is 0 Å². The second-order valence-corrected chi connectivity index (χ2v) is 14.0. The molecule has 5 heteroatoms. The number of allylic oxidation sites excluding steroid dienone is 6. The molecule has 0 amide bonds. The van der Waals surface area contributed by atoms with Gasteiger partial charge < -0.3 is 9.80 Å². The summed E-state index contributed by atoms with van der Waals surface area (Å²) in [4.78, 5) is 26.1. The lowest BCUT2D eigenvalue weighted by molar-refractivity contribution is -0.190. The summed E-state index contributed by atoms with van der Waals surface area (Å²) in [5.41, 5.74) is 12.2. The number of anilines is 2. The van der Waals surface area contributed by atoms with E-state index in [1.807, 2.05) is 5.06 Å². The molecule has 2 aromatic rings. The largest absolute Gasteiger partial charge is 0.344 e. The van der Waals surface area contributed by atoms with Crippen molar-refractivity contribution in [1.82, 2.24) is 5.06 Å². The summed E-state index contributed by atoms with van der Waals surface area (Å²) < 4.78 is 0. The lowest BCUT2D eigenvalue weighted by atomic mass is 9.72. The molecule has 0 bridgehead atoms. The lowest BCUT2D eigenvalue weighted by Crippen LogP contribution is -2.50. The fourth-order valence-electron chi connectivity index (χ4n) is 9.27. The molecule has 41 heavy (non-hydrogen) atoms. The van der Waals surface area contributed by atoms with E-state index < -0.39 is 0 Å². The zero-order chi connectivity index (χ0) is 27.8. The summed E-state index contributed by atoms with van der Waals surface area (Å²) in [6, 6.07) is 17.6. The SMILES string of the molecule is CC1(C)C2=C3C=C4C(=O)C5=CC6=C7N(CC[C@H]6CN5O[C@H]4C[C@H]3CCN2c2ccccc21)c1ccccc1C7(C)C. The molecule has 1 aliphatic carbocycles. The zero-order valence-corrected chi connectivity index (χ0v) is 24.4. The molecule has 0 aromatic heterocycles. The van der Waals surface area contributed by atoms with E-state index in [9.17, 15) is 4.79 Å². The van der Waals surface area contributed by atoms with Gasteiger partial charge in [-0.3, -0.25) is 9.63 Å². The summed E-state index contributed by atoms with van der Waals surface area (Å²) in [6.45, 7) is 12.2. The molecule has 208 valence electrons. The Labute approximate surface area is 242 Å². The maximum atomic E-state index is 14.4. The van der Waals surface area contributed by atoms with Crippen LogP contribution in [0.2, 0.25) is 0 Å². The van der Waals surface area contributed by atoms with Gasteiger partial charge in [0.25, 0.3) is 0 Å². The number of ketones is 1. The quantitative estimate of drug-likeness (QED) is 0.377. The van der Waals surface area contributed by atoms with Crippen LogP contribution in [0.4, 0.5) is 11.4 Å². The van der Waals surface area contributed by atoms with Crippen LogP contribution in [-0.4, -0.2) is 36.6 Å². The Morgan fingerprint density at radius 3 is 1.95 bits per heavy atom. The van der Waals surface area contributed by atoms with Crippen LogP contribution >= 0.6 is 0 Å². The summed E-state index contributed by atoms with van der Waals surface area (Å²) in [7, 11) is 0. The first-order valence-corrected chi connectivity index (χ1v) is 15.4. The number of fused-ring (bicyclic) bond motifs is 10. The van der Waals surface area contributed by atoms with Gasteiger partial charge in [0, 0.05) is 58.2 Å². The molecule has 7 aliphatic rings. The second kappa shape index (κ2) is 7.83. The fraction of sp³-hybridized carbons (Fsp3) is 0.417. The molecule has 0 N–H and O–H groups in total. The maximum absolute atomic E-state index is 14.4. The Morgan fingerprint density at radius 1 is 0.756 bits per heavy atom. The molecule has 5 nitrogen and oxygen atoms in total. The third-order valence-electron chi connectivity index (χ3n) is 11.1. The average Bonchev–Trinajstić information content (AvgIpc) is 3.36. The summed E-state index contributed by atoms with van der Waals surface area (Å²) in [5, 5.41) is 1.96. The number of hydrogen-bond acceptors (Lipinski definition) is 5. The fourth-order valence-corrected chi connectivity index (χ4v) is 9.27. The van der Waals surface area contributed by atoms with E-state index in [0.29, 0.717) is 17.5 Å². The first kappa shape index (κ1) is 24.1. The number of hydrogen-bond donors (Lipinski definition) is 0. The third kappa shape index (κ3) is 2.98. The topological polar surface area (TPSA) is 36.0 Å². The van der Waals surface area contributed by atoms with E-state index in [1.54, 1.807) is 0 Å². The van der Waals surface area contributed by atoms with Crippen LogP contribution in [-0.2, 0) is 20.5 Å². The average molecular weight is 544 g/mol. The first-order chi connectivity index (χ1) is 19.7. The Hall–Kier alpha value is -3.57. The van der Waals surface area contributed by atoms with Crippen LogP contribution in [0.1, 0.15) is 58.1 Å². The molecule has 1 fully saturated rings. The molecule has 6 heterocycles. The van der Waals surface area contributed by atoms with Gasteiger partial charge in [-0.05, 0) is 71.7 Å². The highest BCUT2D eigenvalue weighted by atomic mass is 16.7. The molecule has 6 aliphatic heterocycles. The molecule has 0 saturated carbocycles. The van der Waals surface area contributed by atoms with Gasteiger partial charge in [0.1, 0.15) is 11.8 Å². The lowest BCUT2D eigenvalue weighted by Gasteiger charge is -2.47. The Morgan fingerprint density at radius 2 is 1.32 bits per heavy atom. The smallest absolute Gasteiger partial charge is 0.210 e. The van der Waals surface area contributed by atoms with Crippen molar-refractivity contribution in [2.45, 2.75) is 63.9 Å². The Bertz CT molecular complexity index is 1570. The molecule has 9 rings (SSSR count). The van der Waals surface area contributed by atoms with Crippen molar-refractivity contribution in [3.63, 3.8) is 0 Å². The van der Waals surface area contributed by atoms with E-state index in [1.165, 1.54) is 45.0 Å². The molecule has 0 radical (unpaired) electrons. The van der Waals surface area contributed by atoms with Crippen molar-refractivity contribution in [2.75, 3.05) is 29.4 Å². The number of carbonyl (C=O) groups excluding carboxylic acids is 1. The van der Waals surface area contributed by atoms with Gasteiger partial charge in [0.2, 0.25) is 5.78 Å². The highest BCUT2D eigenvalue weighted by molar-refractivity contribution is 6.10. The van der Waals surface area contributed by atoms with Crippen molar-refractivity contribution >= 4 is 17.2 Å². The Kier molecular flexibility index (Phi) is 4.60. The molecular formula is C36H37N3O2. The summed E-state index contributed by atoms with van der Waals surface area (Å²) >= 11 is 0. The standard InChI is InChI=1S/C36H37N3O2/c1-35(2)26-9-5-7-11-28(26)37-15-13-21-17-31-25(18-23(21)33(35)37)32(40)30-19-24-22(20-39(30)41-31)14-16-38-29-12-8-6-10-27(29)36(3,4)34(24)38/h5-12,18-19,21-22,31H,13-17,20H2,1-4H3/t21-,22+,31+/m1/s1. The zero-order valence-electron chi connectivity index (χ0n) is 24.4. The summed E-state index contributed by atoms with van der Waals surface area (Å²) in [5.74, 6) is 0.944. The highest BCUT2D eigenvalue weighted by Crippen LogP contribution is 2.56. The molecular weight excluding hydrogens is 506 g/mol. The number of carbonyl (C=O) groups is 1. The second-order valence-electron chi connectivity index (χ2n) is 14.0. The van der Waals surface area contributed by atoms with E-state index in [0.717, 1.165) is 44.5 Å². The predicted octanol–water partition coefficient (Wildman–Crippen LogP) is 6.54. The molecule has 1 saturated heterocycles. The minimum Gasteiger partial charge on any atom is -0.344 e. The monoisotopic (exact) mass is 543 g/mol. The number of rotatable bonds is 0. The number of hydroxylamine groups is 2. The van der Waals surface area contributed by atoms with Crippen molar-refractivity contribution in [1.29, 1.82) is 0 Å². The van der Waals surface area contributed by atoms with Gasteiger partial charge in [-0.2, -0.15) is 0 Å². The van der Waals surface area contributed by atoms with Gasteiger partial charge in [0.15, 0.2) is 0 Å². The predicted molar refractivity (Wildman–Crippen MR) is 161 cm³/mol. The van der Waals surface area contributed by atoms with E-state index in [4.69, 9.17) is 4.84 Å². The van der Waals surface area contributed by atoms with Gasteiger partial charge in [-0.15, -0.1) is 0 Å². The molecule has 0 unspecified atom stereocenters. The van der Waals surface area contributed by atoms with Crippen molar-refractivity contribution in [2.24, 2.45) is 11.8 Å². The van der Waals surface area contributed by atoms with Gasteiger partial charge in [-0.1, -0.05) is 64.1 Å². The van der Waals surface area contributed by atoms with Crippen LogP contribution < -0.4 is 9.80 Å². The van der Waals surface area contributed by atoms with E-state index >= 15 is 0 Å². The van der Waals surface area contributed by atoms with Crippen LogP contribution in [0.25, 0.3) is 0 Å². The van der Waals surface area contributed by atoms with Crippen LogP contribution in [0, 0.1) is 11.8 Å². The molecule has 2 aromatic carbocycles. The number of para-hydroxylation sites is 2. The number of nitrogens with zero attached hydrogens (tertiary/aromatic N) is 3. The third-order valence-corrected chi connectivity index (χ3v) is 11.1.